The molecule has 3 N–H and O–H groups in total. The second kappa shape index (κ2) is 10.2. The van der Waals surface area contributed by atoms with Gasteiger partial charge in [-0.05, 0) is 30.7 Å². The van der Waals surface area contributed by atoms with Gasteiger partial charge in [0.1, 0.15) is 11.3 Å². The molecule has 0 bridgehead atoms. The molecule has 1 saturated heterocycles. The minimum absolute atomic E-state index is 0.00478. The molecule has 0 spiro atoms. The molecule has 0 radical (unpaired) electrons. The van der Waals surface area contributed by atoms with E-state index in [1.807, 2.05) is 0 Å². The van der Waals surface area contributed by atoms with Crippen molar-refractivity contribution in [2.45, 2.75) is 12.5 Å². The Labute approximate surface area is 190 Å². The highest BCUT2D eigenvalue weighted by molar-refractivity contribution is 5.99. The van der Waals surface area contributed by atoms with Crippen molar-refractivity contribution in [3.8, 4) is 17.2 Å². The Hall–Kier alpha value is -3.21. The van der Waals surface area contributed by atoms with Gasteiger partial charge in [0, 0.05) is 43.7 Å². The lowest BCUT2D eigenvalue weighted by Crippen LogP contribution is -2.44. The van der Waals surface area contributed by atoms with Gasteiger partial charge in [-0.15, -0.1) is 0 Å². The lowest BCUT2D eigenvalue weighted by atomic mass is 10.1. The van der Waals surface area contributed by atoms with Gasteiger partial charge >= 0.3 is 0 Å². The van der Waals surface area contributed by atoms with Crippen LogP contribution in [0.15, 0.2) is 36.5 Å². The van der Waals surface area contributed by atoms with E-state index in [1.54, 1.807) is 30.1 Å². The van der Waals surface area contributed by atoms with Crippen LogP contribution in [-0.2, 0) is 11.8 Å². The molecule has 4 rings (SSSR count). The number of morpholine rings is 1. The van der Waals surface area contributed by atoms with E-state index in [0.29, 0.717) is 36.4 Å². The highest BCUT2D eigenvalue weighted by Crippen LogP contribution is 2.33. The van der Waals surface area contributed by atoms with Crippen LogP contribution >= 0.6 is 0 Å². The molecular weight excluding hydrogens is 431 g/mol. The first-order valence-electron chi connectivity index (χ1n) is 10.7. The Morgan fingerprint density at radius 1 is 1.33 bits per heavy atom. The first-order valence-corrected chi connectivity index (χ1v) is 10.7. The summed E-state index contributed by atoms with van der Waals surface area (Å²) in [5.41, 5.74) is 6.27. The molecule has 33 heavy (non-hydrogen) atoms. The molecular formula is C23H27FN4O5. The van der Waals surface area contributed by atoms with Gasteiger partial charge in [-0.2, -0.15) is 5.10 Å². The molecule has 1 aliphatic rings. The van der Waals surface area contributed by atoms with Crippen LogP contribution in [0, 0.1) is 5.82 Å². The average Bonchev–Trinajstić information content (AvgIpc) is 3.19. The van der Waals surface area contributed by atoms with Crippen LogP contribution in [-0.4, -0.2) is 71.3 Å². The normalized spacial score (nSPS) is 16.8. The summed E-state index contributed by atoms with van der Waals surface area (Å²) in [4.78, 5) is 13.9. The molecule has 3 aromatic rings. The van der Waals surface area contributed by atoms with Crippen LogP contribution in [0.5, 0.6) is 17.2 Å². The standard InChI is InChI=1S/C23H27FN4O5/c1-27-22-16(12-26-27)9-15(23(25)30)10-21(22)33-20-4-3-17(11-19(20)24)31-7-2-5-28-6-8-32-18(13-28)14-29/h3-4,9-12,18,29H,2,5-8,13-14H2,1H3,(H2,25,30). The molecule has 0 aliphatic carbocycles. The largest absolute Gasteiger partial charge is 0.493 e. The van der Waals surface area contributed by atoms with Crippen molar-refractivity contribution in [2.24, 2.45) is 12.8 Å². The van der Waals surface area contributed by atoms with E-state index in [2.05, 4.69) is 10.00 Å². The fourth-order valence-corrected chi connectivity index (χ4v) is 3.85. The van der Waals surface area contributed by atoms with E-state index < -0.39 is 11.7 Å². The molecule has 176 valence electrons. The maximum absolute atomic E-state index is 14.7. The number of amides is 1. The van der Waals surface area contributed by atoms with E-state index >= 15 is 0 Å². The van der Waals surface area contributed by atoms with Gasteiger partial charge in [0.05, 0.1) is 32.1 Å². The highest BCUT2D eigenvalue weighted by Gasteiger charge is 2.19. The number of aliphatic hydroxyl groups excluding tert-OH is 1. The Kier molecular flexibility index (Phi) is 7.07. The van der Waals surface area contributed by atoms with Gasteiger partial charge in [-0.1, -0.05) is 0 Å². The van der Waals surface area contributed by atoms with Gasteiger partial charge in [0.25, 0.3) is 0 Å². The van der Waals surface area contributed by atoms with Crippen molar-refractivity contribution < 1.29 is 28.5 Å². The summed E-state index contributed by atoms with van der Waals surface area (Å²) in [5, 5.41) is 14.0. The second-order valence-electron chi connectivity index (χ2n) is 7.92. The number of rotatable bonds is 9. The van der Waals surface area contributed by atoms with Gasteiger partial charge in [0.2, 0.25) is 5.91 Å². The summed E-state index contributed by atoms with van der Waals surface area (Å²) in [6.07, 6.45) is 2.21. The molecule has 10 heteroatoms. The van der Waals surface area contributed by atoms with Crippen LogP contribution in [0.1, 0.15) is 16.8 Å². The first kappa shape index (κ1) is 23.0. The van der Waals surface area contributed by atoms with Crippen LogP contribution in [0.2, 0.25) is 0 Å². The Balaban J connectivity index is 1.38. The summed E-state index contributed by atoms with van der Waals surface area (Å²) in [7, 11) is 1.73. The minimum Gasteiger partial charge on any atom is -0.493 e. The lowest BCUT2D eigenvalue weighted by Gasteiger charge is -2.31. The lowest BCUT2D eigenvalue weighted by molar-refractivity contribution is -0.0533. The molecule has 1 aliphatic heterocycles. The SMILES string of the molecule is Cn1ncc2cc(C(N)=O)cc(Oc3ccc(OCCCN4CCOC(CO)C4)cc3F)c21. The molecule has 1 amide bonds. The van der Waals surface area contributed by atoms with Crippen molar-refractivity contribution >= 4 is 16.8 Å². The zero-order valence-corrected chi connectivity index (χ0v) is 18.4. The maximum atomic E-state index is 14.7. The average molecular weight is 458 g/mol. The quantitative estimate of drug-likeness (QED) is 0.472. The number of benzene rings is 2. The molecule has 1 unspecified atom stereocenters. The van der Waals surface area contributed by atoms with Gasteiger partial charge in [-0.25, -0.2) is 4.39 Å². The summed E-state index contributed by atoms with van der Waals surface area (Å²) >= 11 is 0. The van der Waals surface area contributed by atoms with E-state index in [1.165, 1.54) is 18.2 Å². The molecule has 0 saturated carbocycles. The number of aromatic nitrogens is 2. The van der Waals surface area contributed by atoms with Gasteiger partial charge in [0.15, 0.2) is 17.3 Å². The van der Waals surface area contributed by atoms with Crippen molar-refractivity contribution in [2.75, 3.05) is 39.5 Å². The maximum Gasteiger partial charge on any atom is 0.248 e. The van der Waals surface area contributed by atoms with Crippen molar-refractivity contribution in [1.82, 2.24) is 14.7 Å². The zero-order valence-electron chi connectivity index (χ0n) is 18.4. The van der Waals surface area contributed by atoms with E-state index in [0.717, 1.165) is 19.5 Å². The number of nitrogens with zero attached hydrogens (tertiary/aromatic N) is 3. The molecule has 2 aromatic carbocycles. The van der Waals surface area contributed by atoms with Crippen molar-refractivity contribution in [1.29, 1.82) is 0 Å². The monoisotopic (exact) mass is 458 g/mol. The summed E-state index contributed by atoms with van der Waals surface area (Å²) in [6, 6.07) is 7.48. The van der Waals surface area contributed by atoms with Crippen LogP contribution < -0.4 is 15.2 Å². The molecule has 1 atom stereocenters. The molecule has 2 heterocycles. The Bertz CT molecular complexity index is 1140. The van der Waals surface area contributed by atoms with Crippen molar-refractivity contribution in [3.05, 3.63) is 47.9 Å². The predicted octanol–water partition coefficient (Wildman–Crippen LogP) is 2.07. The third-order valence-corrected chi connectivity index (χ3v) is 5.52. The smallest absolute Gasteiger partial charge is 0.248 e. The molecule has 9 nitrogen and oxygen atoms in total. The van der Waals surface area contributed by atoms with E-state index in [9.17, 15) is 14.3 Å². The first-order chi connectivity index (χ1) is 15.9. The summed E-state index contributed by atoms with van der Waals surface area (Å²) < 4.78 is 33.2. The predicted molar refractivity (Wildman–Crippen MR) is 119 cm³/mol. The van der Waals surface area contributed by atoms with E-state index in [4.69, 9.17) is 19.9 Å². The topological polar surface area (TPSA) is 112 Å². The van der Waals surface area contributed by atoms with Crippen LogP contribution in [0.25, 0.3) is 10.9 Å². The fourth-order valence-electron chi connectivity index (χ4n) is 3.85. The number of carbonyl (C=O) groups is 1. The fraction of sp³-hybridized carbons (Fsp3) is 0.391. The molecule has 1 aromatic heterocycles. The number of carbonyl (C=O) groups excluding carboxylic acids is 1. The number of primary amides is 1. The summed E-state index contributed by atoms with van der Waals surface area (Å²) in [5.74, 6) is -0.535. The van der Waals surface area contributed by atoms with Crippen LogP contribution in [0.3, 0.4) is 0 Å². The number of fused-ring (bicyclic) bond motifs is 1. The number of ether oxygens (including phenoxy) is 3. The second-order valence-corrected chi connectivity index (χ2v) is 7.92. The molecule has 1 fully saturated rings. The zero-order chi connectivity index (χ0) is 23.4. The van der Waals surface area contributed by atoms with E-state index in [-0.39, 0.29) is 29.8 Å². The third kappa shape index (κ3) is 5.41. The minimum atomic E-state index is -0.612. The number of halogens is 1. The number of aliphatic hydroxyl groups is 1. The van der Waals surface area contributed by atoms with Crippen molar-refractivity contribution in [3.63, 3.8) is 0 Å². The number of hydrogen-bond acceptors (Lipinski definition) is 7. The Morgan fingerprint density at radius 2 is 2.18 bits per heavy atom. The number of hydrogen-bond donors (Lipinski definition) is 2. The third-order valence-electron chi connectivity index (χ3n) is 5.52. The number of nitrogens with two attached hydrogens (primary N) is 1. The van der Waals surface area contributed by atoms with Crippen LogP contribution in [0.4, 0.5) is 4.39 Å². The summed E-state index contributed by atoms with van der Waals surface area (Å²) in [6.45, 7) is 3.36. The van der Waals surface area contributed by atoms with Gasteiger partial charge < -0.3 is 25.1 Å². The highest BCUT2D eigenvalue weighted by atomic mass is 19.1. The van der Waals surface area contributed by atoms with Gasteiger partial charge in [-0.3, -0.25) is 14.4 Å². The number of aryl methyl sites for hydroxylation is 1. The Morgan fingerprint density at radius 3 is 2.94 bits per heavy atom.